The van der Waals surface area contributed by atoms with E-state index in [4.69, 9.17) is 16.7 Å². The molecule has 0 saturated carbocycles. The van der Waals surface area contributed by atoms with Crippen LogP contribution in [0.15, 0.2) is 18.2 Å². The number of halogens is 1. The Hall–Kier alpha value is -1.10. The van der Waals surface area contributed by atoms with Crippen LogP contribution in [0, 0.1) is 6.92 Å². The van der Waals surface area contributed by atoms with Gasteiger partial charge in [-0.1, -0.05) is 11.6 Å². The van der Waals surface area contributed by atoms with Gasteiger partial charge in [0.05, 0.1) is 6.61 Å². The van der Waals surface area contributed by atoms with Crippen LogP contribution in [0.2, 0.25) is 5.02 Å². The van der Waals surface area contributed by atoms with Crippen molar-refractivity contribution in [3.8, 4) is 0 Å². The number of aliphatic hydroxyl groups is 1. The van der Waals surface area contributed by atoms with Crippen molar-refractivity contribution in [2.24, 2.45) is 0 Å². The number of hydrogen-bond donors (Lipinski definition) is 1. The topological polar surface area (TPSA) is 43.8 Å². The van der Waals surface area contributed by atoms with Gasteiger partial charge in [-0.25, -0.2) is 0 Å². The molecule has 0 atom stereocenters. The zero-order chi connectivity index (χ0) is 14.5. The number of aliphatic hydroxyl groups excluding tert-OH is 1. The summed E-state index contributed by atoms with van der Waals surface area (Å²) in [5.74, 6) is 0.0741. The van der Waals surface area contributed by atoms with Crippen LogP contribution in [0.1, 0.15) is 22.3 Å². The summed E-state index contributed by atoms with van der Waals surface area (Å²) in [6, 6.07) is 5.39. The van der Waals surface area contributed by atoms with Crippen molar-refractivity contribution in [2.75, 3.05) is 39.3 Å². The summed E-state index contributed by atoms with van der Waals surface area (Å²) in [7, 11) is 0. The van der Waals surface area contributed by atoms with Gasteiger partial charge < -0.3 is 10.0 Å². The first kappa shape index (κ1) is 15.3. The predicted octanol–water partition coefficient (Wildman–Crippen LogP) is 1.79. The Kier molecular flexibility index (Phi) is 5.40. The van der Waals surface area contributed by atoms with E-state index in [1.807, 2.05) is 17.9 Å². The fourth-order valence-electron chi connectivity index (χ4n) is 2.58. The molecule has 5 heteroatoms. The highest BCUT2D eigenvalue weighted by molar-refractivity contribution is 6.30. The Morgan fingerprint density at radius 2 is 2.10 bits per heavy atom. The first-order valence-corrected chi connectivity index (χ1v) is 7.38. The molecule has 0 bridgehead atoms. The van der Waals surface area contributed by atoms with Crippen LogP contribution in [-0.4, -0.2) is 60.1 Å². The van der Waals surface area contributed by atoms with Crippen LogP contribution in [0.4, 0.5) is 0 Å². The molecule has 1 N–H and O–H groups in total. The number of nitrogens with zero attached hydrogens (tertiary/aromatic N) is 2. The third kappa shape index (κ3) is 3.72. The van der Waals surface area contributed by atoms with Crippen molar-refractivity contribution in [3.05, 3.63) is 34.3 Å². The maximum absolute atomic E-state index is 12.6. The maximum atomic E-state index is 12.6. The SMILES string of the molecule is Cc1cc(Cl)ccc1C(=O)N1CCCN(CCO)CC1. The fourth-order valence-corrected chi connectivity index (χ4v) is 2.80. The Morgan fingerprint density at radius 1 is 1.30 bits per heavy atom. The average molecular weight is 297 g/mol. The third-order valence-electron chi connectivity index (χ3n) is 3.71. The lowest BCUT2D eigenvalue weighted by atomic mass is 10.1. The lowest BCUT2D eigenvalue weighted by molar-refractivity contribution is 0.0760. The Morgan fingerprint density at radius 3 is 2.80 bits per heavy atom. The minimum Gasteiger partial charge on any atom is -0.395 e. The molecule has 1 amide bonds. The molecule has 1 aromatic rings. The van der Waals surface area contributed by atoms with Gasteiger partial charge in [0.15, 0.2) is 0 Å². The van der Waals surface area contributed by atoms with E-state index in [9.17, 15) is 4.79 Å². The van der Waals surface area contributed by atoms with Crippen LogP contribution in [0.25, 0.3) is 0 Å². The molecule has 110 valence electrons. The molecule has 1 aliphatic heterocycles. The van der Waals surface area contributed by atoms with Crippen LogP contribution in [-0.2, 0) is 0 Å². The molecule has 0 aromatic heterocycles. The number of rotatable bonds is 3. The normalized spacial score (nSPS) is 17.1. The molecule has 2 rings (SSSR count). The first-order valence-electron chi connectivity index (χ1n) is 7.00. The van der Waals surface area contributed by atoms with Gasteiger partial charge in [-0.2, -0.15) is 0 Å². The summed E-state index contributed by atoms with van der Waals surface area (Å²) in [5.41, 5.74) is 1.64. The highest BCUT2D eigenvalue weighted by atomic mass is 35.5. The number of β-amino-alcohol motifs (C(OH)–C–C–N with tert-alkyl or cyclic N) is 1. The monoisotopic (exact) mass is 296 g/mol. The molecule has 0 aliphatic carbocycles. The number of benzene rings is 1. The van der Waals surface area contributed by atoms with Crippen molar-refractivity contribution in [1.82, 2.24) is 9.80 Å². The molecule has 1 fully saturated rings. The van der Waals surface area contributed by atoms with Crippen molar-refractivity contribution in [2.45, 2.75) is 13.3 Å². The maximum Gasteiger partial charge on any atom is 0.254 e. The Labute approximate surface area is 124 Å². The highest BCUT2D eigenvalue weighted by Gasteiger charge is 2.21. The molecule has 1 heterocycles. The van der Waals surface area contributed by atoms with E-state index in [2.05, 4.69) is 4.90 Å². The van der Waals surface area contributed by atoms with Gasteiger partial charge in [0.25, 0.3) is 5.91 Å². The standard InChI is InChI=1S/C15H21ClN2O2/c1-12-11-13(16)3-4-14(12)15(20)18-6-2-5-17(7-8-18)9-10-19/h3-4,11,19H,2,5-10H2,1H3. The molecular formula is C15H21ClN2O2. The number of carbonyl (C=O) groups is 1. The smallest absolute Gasteiger partial charge is 0.254 e. The van der Waals surface area contributed by atoms with E-state index < -0.39 is 0 Å². The number of carbonyl (C=O) groups excluding carboxylic acids is 1. The summed E-state index contributed by atoms with van der Waals surface area (Å²) in [4.78, 5) is 16.7. The Balaban J connectivity index is 2.05. The van der Waals surface area contributed by atoms with Gasteiger partial charge in [-0.3, -0.25) is 9.69 Å². The lowest BCUT2D eigenvalue weighted by Crippen LogP contribution is -2.36. The van der Waals surface area contributed by atoms with Gasteiger partial charge in [-0.05, 0) is 43.7 Å². The van der Waals surface area contributed by atoms with E-state index in [-0.39, 0.29) is 12.5 Å². The molecule has 4 nitrogen and oxygen atoms in total. The van der Waals surface area contributed by atoms with Crippen molar-refractivity contribution >= 4 is 17.5 Å². The minimum atomic E-state index is 0.0741. The van der Waals surface area contributed by atoms with Crippen molar-refractivity contribution in [3.63, 3.8) is 0 Å². The van der Waals surface area contributed by atoms with E-state index in [1.165, 1.54) is 0 Å². The second kappa shape index (κ2) is 7.07. The van der Waals surface area contributed by atoms with Crippen LogP contribution < -0.4 is 0 Å². The zero-order valence-electron chi connectivity index (χ0n) is 11.8. The third-order valence-corrected chi connectivity index (χ3v) is 3.95. The summed E-state index contributed by atoms with van der Waals surface area (Å²) in [6.45, 7) is 5.99. The summed E-state index contributed by atoms with van der Waals surface area (Å²) < 4.78 is 0. The van der Waals surface area contributed by atoms with Crippen LogP contribution in [0.5, 0.6) is 0 Å². The first-order chi connectivity index (χ1) is 9.61. The quantitative estimate of drug-likeness (QED) is 0.925. The number of hydrogen-bond acceptors (Lipinski definition) is 3. The fraction of sp³-hybridized carbons (Fsp3) is 0.533. The van der Waals surface area contributed by atoms with Gasteiger partial charge in [0, 0.05) is 36.8 Å². The molecule has 1 aliphatic rings. The van der Waals surface area contributed by atoms with E-state index >= 15 is 0 Å². The van der Waals surface area contributed by atoms with E-state index in [0.29, 0.717) is 18.1 Å². The zero-order valence-corrected chi connectivity index (χ0v) is 12.6. The van der Waals surface area contributed by atoms with Gasteiger partial charge in [0.2, 0.25) is 0 Å². The van der Waals surface area contributed by atoms with Crippen molar-refractivity contribution in [1.29, 1.82) is 0 Å². The van der Waals surface area contributed by atoms with E-state index in [1.54, 1.807) is 12.1 Å². The number of aryl methyl sites for hydroxylation is 1. The summed E-state index contributed by atoms with van der Waals surface area (Å²) in [5, 5.41) is 9.65. The predicted molar refractivity (Wildman–Crippen MR) is 80.2 cm³/mol. The average Bonchev–Trinajstić information content (AvgIpc) is 2.64. The second-order valence-corrected chi connectivity index (χ2v) is 5.61. The Bertz CT molecular complexity index is 479. The van der Waals surface area contributed by atoms with Gasteiger partial charge in [-0.15, -0.1) is 0 Å². The molecular weight excluding hydrogens is 276 g/mol. The van der Waals surface area contributed by atoms with Crippen LogP contribution >= 0.6 is 11.6 Å². The minimum absolute atomic E-state index is 0.0741. The van der Waals surface area contributed by atoms with Crippen molar-refractivity contribution < 1.29 is 9.90 Å². The van der Waals surface area contributed by atoms with Gasteiger partial charge in [0.1, 0.15) is 0 Å². The van der Waals surface area contributed by atoms with Crippen LogP contribution in [0.3, 0.4) is 0 Å². The summed E-state index contributed by atoms with van der Waals surface area (Å²) >= 11 is 5.93. The molecule has 0 radical (unpaired) electrons. The highest BCUT2D eigenvalue weighted by Crippen LogP contribution is 2.17. The number of amides is 1. The largest absolute Gasteiger partial charge is 0.395 e. The molecule has 0 unspecified atom stereocenters. The van der Waals surface area contributed by atoms with Gasteiger partial charge >= 0.3 is 0 Å². The second-order valence-electron chi connectivity index (χ2n) is 5.17. The molecule has 0 spiro atoms. The lowest BCUT2D eigenvalue weighted by Gasteiger charge is -2.22. The molecule has 20 heavy (non-hydrogen) atoms. The molecule has 1 aromatic carbocycles. The summed E-state index contributed by atoms with van der Waals surface area (Å²) in [6.07, 6.45) is 0.943. The molecule has 1 saturated heterocycles. The van der Waals surface area contributed by atoms with E-state index in [0.717, 1.165) is 37.2 Å².